The molecule has 5 nitrogen and oxygen atoms in total. The van der Waals surface area contributed by atoms with Gasteiger partial charge in [-0.2, -0.15) is 0 Å². The van der Waals surface area contributed by atoms with Gasteiger partial charge in [0.1, 0.15) is 12.2 Å². The zero-order valence-electron chi connectivity index (χ0n) is 14.2. The summed E-state index contributed by atoms with van der Waals surface area (Å²) in [6.07, 6.45) is -0.256. The Morgan fingerprint density at radius 2 is 1.73 bits per heavy atom. The molecule has 1 fully saturated rings. The Labute approximate surface area is 132 Å². The zero-order chi connectivity index (χ0) is 16.7. The first-order chi connectivity index (χ1) is 10.2. The molecule has 5 heteroatoms. The maximum Gasteiger partial charge on any atom is 0.326 e. The lowest BCUT2D eigenvalue weighted by molar-refractivity contribution is -0.129. The minimum atomic E-state index is -0.451. The van der Waals surface area contributed by atoms with Crippen molar-refractivity contribution >= 4 is 17.6 Å². The molecule has 1 aliphatic rings. The van der Waals surface area contributed by atoms with Gasteiger partial charge in [0.2, 0.25) is 5.91 Å². The van der Waals surface area contributed by atoms with Crippen molar-refractivity contribution in [2.75, 3.05) is 19.0 Å². The fraction of sp³-hybridized carbons (Fsp3) is 0.529. The molecule has 0 N–H and O–H groups in total. The van der Waals surface area contributed by atoms with Crippen LogP contribution in [-0.4, -0.2) is 48.0 Å². The number of carbonyl (C=O) groups excluding carboxylic acids is 2. The molecule has 0 spiro atoms. The van der Waals surface area contributed by atoms with Crippen LogP contribution in [0.3, 0.4) is 0 Å². The van der Waals surface area contributed by atoms with Gasteiger partial charge >= 0.3 is 6.03 Å². The Bertz CT molecular complexity index is 565. The number of anilines is 1. The lowest BCUT2D eigenvalue weighted by Crippen LogP contribution is -2.54. The minimum absolute atomic E-state index is 0.0188. The van der Waals surface area contributed by atoms with Gasteiger partial charge in [-0.05, 0) is 19.1 Å². The number of nitrogens with zero attached hydrogens (tertiary/aromatic N) is 3. The van der Waals surface area contributed by atoms with Crippen molar-refractivity contribution in [1.82, 2.24) is 9.80 Å². The van der Waals surface area contributed by atoms with E-state index in [-0.39, 0.29) is 23.5 Å². The predicted molar refractivity (Wildman–Crippen MR) is 87.6 cm³/mol. The standard InChI is InChI=1S/C17H25N3O2/c1-12-14(21)19(6)15(17(2,3)4)20(12)16(22)18(5)13-10-8-7-9-11-13/h7-12,15H,1-6H3. The molecular weight excluding hydrogens is 278 g/mol. The summed E-state index contributed by atoms with van der Waals surface area (Å²) in [4.78, 5) is 30.3. The highest BCUT2D eigenvalue weighted by atomic mass is 16.2. The maximum absolute atomic E-state index is 13.0. The van der Waals surface area contributed by atoms with Crippen LogP contribution in [0.25, 0.3) is 0 Å². The summed E-state index contributed by atoms with van der Waals surface area (Å²) in [7, 11) is 3.51. The number of benzene rings is 1. The number of carbonyl (C=O) groups is 2. The number of amides is 3. The summed E-state index contributed by atoms with van der Waals surface area (Å²) in [6, 6.07) is 8.86. The van der Waals surface area contributed by atoms with E-state index in [2.05, 4.69) is 0 Å². The molecule has 0 aliphatic carbocycles. The van der Waals surface area contributed by atoms with Gasteiger partial charge in [-0.15, -0.1) is 0 Å². The van der Waals surface area contributed by atoms with E-state index in [4.69, 9.17) is 0 Å². The first-order valence-corrected chi connectivity index (χ1v) is 7.54. The molecule has 0 saturated carbocycles. The zero-order valence-corrected chi connectivity index (χ0v) is 14.2. The fourth-order valence-electron chi connectivity index (χ4n) is 3.14. The largest absolute Gasteiger partial charge is 0.326 e. The summed E-state index contributed by atoms with van der Waals surface area (Å²) in [5, 5.41) is 0. The van der Waals surface area contributed by atoms with Crippen molar-refractivity contribution in [2.24, 2.45) is 5.41 Å². The Hall–Kier alpha value is -2.04. The van der Waals surface area contributed by atoms with Crippen LogP contribution in [0.5, 0.6) is 0 Å². The highest BCUT2D eigenvalue weighted by Gasteiger charge is 2.50. The number of urea groups is 1. The molecule has 2 unspecified atom stereocenters. The normalized spacial score (nSPS) is 22.2. The van der Waals surface area contributed by atoms with Crippen LogP contribution in [0.2, 0.25) is 0 Å². The van der Waals surface area contributed by atoms with Crippen molar-refractivity contribution in [3.8, 4) is 0 Å². The highest BCUT2D eigenvalue weighted by molar-refractivity contribution is 5.97. The van der Waals surface area contributed by atoms with Gasteiger partial charge in [0.25, 0.3) is 0 Å². The minimum Gasteiger partial charge on any atom is -0.323 e. The van der Waals surface area contributed by atoms with Crippen LogP contribution in [0.4, 0.5) is 10.5 Å². The van der Waals surface area contributed by atoms with E-state index in [9.17, 15) is 9.59 Å². The summed E-state index contributed by atoms with van der Waals surface area (Å²) < 4.78 is 0. The lowest BCUT2D eigenvalue weighted by Gasteiger charge is -2.40. The molecule has 1 aromatic carbocycles. The van der Waals surface area contributed by atoms with Gasteiger partial charge in [-0.3, -0.25) is 14.6 Å². The Balaban J connectivity index is 2.36. The van der Waals surface area contributed by atoms with E-state index in [0.29, 0.717) is 0 Å². The monoisotopic (exact) mass is 303 g/mol. The quantitative estimate of drug-likeness (QED) is 0.800. The molecular formula is C17H25N3O2. The van der Waals surface area contributed by atoms with Gasteiger partial charge < -0.3 is 4.90 Å². The van der Waals surface area contributed by atoms with Gasteiger partial charge in [-0.25, -0.2) is 4.79 Å². The van der Waals surface area contributed by atoms with Crippen LogP contribution in [0, 0.1) is 5.41 Å². The molecule has 2 atom stereocenters. The molecule has 0 aromatic heterocycles. The molecule has 22 heavy (non-hydrogen) atoms. The van der Waals surface area contributed by atoms with Gasteiger partial charge in [-0.1, -0.05) is 39.0 Å². The van der Waals surface area contributed by atoms with Crippen LogP contribution in [-0.2, 0) is 4.79 Å². The molecule has 1 heterocycles. The second-order valence-electron chi connectivity index (χ2n) is 6.95. The summed E-state index contributed by atoms with van der Waals surface area (Å²) in [6.45, 7) is 7.92. The van der Waals surface area contributed by atoms with E-state index in [1.165, 1.54) is 0 Å². The van der Waals surface area contributed by atoms with Crippen LogP contribution in [0.15, 0.2) is 30.3 Å². The summed E-state index contributed by atoms with van der Waals surface area (Å²) >= 11 is 0. The second kappa shape index (κ2) is 5.63. The first-order valence-electron chi connectivity index (χ1n) is 7.54. The summed E-state index contributed by atoms with van der Waals surface area (Å²) in [5.74, 6) is -0.0188. The van der Waals surface area contributed by atoms with Crippen molar-refractivity contribution < 1.29 is 9.59 Å². The van der Waals surface area contributed by atoms with E-state index in [1.807, 2.05) is 51.1 Å². The van der Waals surface area contributed by atoms with Crippen LogP contribution in [0.1, 0.15) is 27.7 Å². The third-order valence-corrected chi connectivity index (χ3v) is 4.18. The number of hydrogen-bond acceptors (Lipinski definition) is 2. The Morgan fingerprint density at radius 1 is 1.18 bits per heavy atom. The Morgan fingerprint density at radius 3 is 2.23 bits per heavy atom. The van der Waals surface area contributed by atoms with E-state index < -0.39 is 6.04 Å². The van der Waals surface area contributed by atoms with Crippen molar-refractivity contribution in [3.05, 3.63) is 30.3 Å². The maximum atomic E-state index is 13.0. The predicted octanol–water partition coefficient (Wildman–Crippen LogP) is 2.78. The third-order valence-electron chi connectivity index (χ3n) is 4.18. The number of para-hydroxylation sites is 1. The lowest BCUT2D eigenvalue weighted by atomic mass is 9.91. The van der Waals surface area contributed by atoms with Crippen molar-refractivity contribution in [2.45, 2.75) is 39.9 Å². The molecule has 3 amide bonds. The molecule has 2 rings (SSSR count). The van der Waals surface area contributed by atoms with E-state index >= 15 is 0 Å². The van der Waals surface area contributed by atoms with Crippen LogP contribution < -0.4 is 4.90 Å². The van der Waals surface area contributed by atoms with Gasteiger partial charge in [0.15, 0.2) is 0 Å². The highest BCUT2D eigenvalue weighted by Crippen LogP contribution is 2.34. The van der Waals surface area contributed by atoms with Crippen LogP contribution >= 0.6 is 0 Å². The van der Waals surface area contributed by atoms with Crippen molar-refractivity contribution in [3.63, 3.8) is 0 Å². The topological polar surface area (TPSA) is 43.9 Å². The van der Waals surface area contributed by atoms with Crippen molar-refractivity contribution in [1.29, 1.82) is 0 Å². The third kappa shape index (κ3) is 2.67. The average molecular weight is 303 g/mol. The number of rotatable bonds is 1. The van der Waals surface area contributed by atoms with Gasteiger partial charge in [0, 0.05) is 25.2 Å². The molecule has 0 bridgehead atoms. The average Bonchev–Trinajstić information content (AvgIpc) is 2.70. The molecule has 1 aromatic rings. The van der Waals surface area contributed by atoms with E-state index in [0.717, 1.165) is 5.69 Å². The molecule has 120 valence electrons. The Kier molecular flexibility index (Phi) is 4.18. The molecule has 0 radical (unpaired) electrons. The smallest absolute Gasteiger partial charge is 0.323 e. The second-order valence-corrected chi connectivity index (χ2v) is 6.95. The summed E-state index contributed by atoms with van der Waals surface area (Å²) in [5.41, 5.74) is 0.594. The molecule has 1 saturated heterocycles. The fourth-order valence-corrected chi connectivity index (χ4v) is 3.14. The molecule has 1 aliphatic heterocycles. The van der Waals surface area contributed by atoms with E-state index in [1.54, 1.807) is 35.7 Å². The van der Waals surface area contributed by atoms with Gasteiger partial charge in [0.05, 0.1) is 0 Å². The number of hydrogen-bond donors (Lipinski definition) is 0. The SMILES string of the molecule is CC1C(=O)N(C)C(C(C)(C)C)N1C(=O)N(C)c1ccccc1. The first kappa shape index (κ1) is 16.3. The number of likely N-dealkylation sites (N-methyl/N-ethyl adjacent to an activating group) is 1.